The minimum absolute atomic E-state index is 0.0150. The fraction of sp³-hybridized carbons (Fsp3) is 0.375. The number of rotatable bonds is 3. The van der Waals surface area contributed by atoms with Crippen LogP contribution in [-0.2, 0) is 0 Å². The van der Waals surface area contributed by atoms with Gasteiger partial charge in [-0.1, -0.05) is 6.92 Å². The number of ketones is 2. The summed E-state index contributed by atoms with van der Waals surface area (Å²) in [6, 6.07) is 0. The fourth-order valence-corrected chi connectivity index (χ4v) is 1.47. The molecular formula is C8H9NO2S. The number of carbonyl (C=O) groups excluding carboxylic acids is 2. The highest BCUT2D eigenvalue weighted by atomic mass is 32.1. The van der Waals surface area contributed by atoms with Gasteiger partial charge in [0.25, 0.3) is 0 Å². The maximum atomic E-state index is 11.1. The molecule has 0 saturated carbocycles. The maximum absolute atomic E-state index is 11.1. The predicted molar refractivity (Wildman–Crippen MR) is 46.7 cm³/mol. The monoisotopic (exact) mass is 183 g/mol. The summed E-state index contributed by atoms with van der Waals surface area (Å²) in [6.07, 6.45) is 0.432. The first-order chi connectivity index (χ1) is 5.65. The Hall–Kier alpha value is -1.03. The van der Waals surface area contributed by atoms with Crippen LogP contribution in [0.5, 0.6) is 0 Å². The number of hydrogen-bond acceptors (Lipinski definition) is 4. The zero-order chi connectivity index (χ0) is 9.14. The molecule has 0 spiro atoms. The molecule has 0 unspecified atom stereocenters. The summed E-state index contributed by atoms with van der Waals surface area (Å²) in [5.74, 6) is -0.103. The summed E-state index contributed by atoms with van der Waals surface area (Å²) in [5, 5.41) is 2.04. The van der Waals surface area contributed by atoms with E-state index >= 15 is 0 Å². The van der Waals surface area contributed by atoms with Gasteiger partial charge in [0.05, 0.1) is 0 Å². The van der Waals surface area contributed by atoms with Crippen LogP contribution in [0.2, 0.25) is 0 Å². The lowest BCUT2D eigenvalue weighted by atomic mass is 10.2. The summed E-state index contributed by atoms with van der Waals surface area (Å²) in [5.41, 5.74) is 0.410. The molecule has 12 heavy (non-hydrogen) atoms. The quantitative estimate of drug-likeness (QED) is 0.673. The van der Waals surface area contributed by atoms with Crippen molar-refractivity contribution in [3.05, 3.63) is 16.1 Å². The molecule has 1 aromatic heterocycles. The Morgan fingerprint density at radius 3 is 2.67 bits per heavy atom. The number of aromatic nitrogens is 1. The molecule has 0 saturated heterocycles. The highest BCUT2D eigenvalue weighted by Gasteiger charge is 2.10. The van der Waals surface area contributed by atoms with Crippen LogP contribution in [0.3, 0.4) is 0 Å². The molecule has 0 aromatic carbocycles. The molecule has 1 heterocycles. The fourth-order valence-electron chi connectivity index (χ4n) is 0.745. The van der Waals surface area contributed by atoms with Crippen molar-refractivity contribution in [2.45, 2.75) is 20.3 Å². The molecule has 0 aliphatic carbocycles. The number of hydrogen-bond donors (Lipinski definition) is 0. The molecule has 3 nitrogen and oxygen atoms in total. The molecule has 0 amide bonds. The van der Waals surface area contributed by atoms with Crippen molar-refractivity contribution < 1.29 is 9.59 Å². The third kappa shape index (κ3) is 1.76. The molecule has 0 aliphatic heterocycles. The lowest BCUT2D eigenvalue weighted by Gasteiger charge is -1.87. The summed E-state index contributed by atoms with van der Waals surface area (Å²) < 4.78 is 0. The summed E-state index contributed by atoms with van der Waals surface area (Å²) in [7, 11) is 0. The largest absolute Gasteiger partial charge is 0.292 e. The number of carbonyl (C=O) groups is 2. The lowest BCUT2D eigenvalue weighted by Crippen LogP contribution is -1.98. The highest BCUT2D eigenvalue weighted by molar-refractivity contribution is 7.11. The van der Waals surface area contributed by atoms with Crippen molar-refractivity contribution in [3.8, 4) is 0 Å². The minimum Gasteiger partial charge on any atom is -0.292 e. The summed E-state index contributed by atoms with van der Waals surface area (Å²) in [4.78, 5) is 25.8. The average Bonchev–Trinajstić information content (AvgIpc) is 2.51. The van der Waals surface area contributed by atoms with Gasteiger partial charge >= 0.3 is 0 Å². The van der Waals surface area contributed by atoms with Gasteiger partial charge in [-0.15, -0.1) is 11.3 Å². The van der Waals surface area contributed by atoms with E-state index in [4.69, 9.17) is 0 Å². The van der Waals surface area contributed by atoms with E-state index < -0.39 is 0 Å². The van der Waals surface area contributed by atoms with Crippen LogP contribution < -0.4 is 0 Å². The van der Waals surface area contributed by atoms with E-state index in [1.54, 1.807) is 12.3 Å². The van der Waals surface area contributed by atoms with Gasteiger partial charge in [0.15, 0.2) is 16.6 Å². The SMILES string of the molecule is CCC(=O)c1csc(C(C)=O)n1. The van der Waals surface area contributed by atoms with Crippen LogP contribution in [-0.4, -0.2) is 16.6 Å². The highest BCUT2D eigenvalue weighted by Crippen LogP contribution is 2.11. The molecule has 0 atom stereocenters. The van der Waals surface area contributed by atoms with Crippen molar-refractivity contribution in [2.75, 3.05) is 0 Å². The molecular weight excluding hydrogens is 174 g/mol. The number of thiazole rings is 1. The minimum atomic E-state index is -0.0878. The Balaban J connectivity index is 2.91. The van der Waals surface area contributed by atoms with Gasteiger partial charge in [-0.25, -0.2) is 4.98 Å². The van der Waals surface area contributed by atoms with Gasteiger partial charge in [-0.05, 0) is 0 Å². The zero-order valence-corrected chi connectivity index (χ0v) is 7.77. The number of Topliss-reactive ketones (excluding diaryl/α,β-unsaturated/α-hetero) is 2. The molecule has 0 bridgehead atoms. The second-order valence-electron chi connectivity index (χ2n) is 2.37. The molecule has 0 radical (unpaired) electrons. The molecule has 1 rings (SSSR count). The third-order valence-corrected chi connectivity index (χ3v) is 2.36. The van der Waals surface area contributed by atoms with E-state index in [1.165, 1.54) is 18.3 Å². The Kier molecular flexibility index (Phi) is 2.70. The molecule has 0 fully saturated rings. The van der Waals surface area contributed by atoms with Crippen LogP contribution in [0.25, 0.3) is 0 Å². The van der Waals surface area contributed by atoms with E-state index in [1.807, 2.05) is 0 Å². The Labute approximate surface area is 74.4 Å². The van der Waals surface area contributed by atoms with Crippen molar-refractivity contribution in [1.29, 1.82) is 0 Å². The topological polar surface area (TPSA) is 47.0 Å². The van der Waals surface area contributed by atoms with Gasteiger partial charge in [0.1, 0.15) is 5.69 Å². The van der Waals surface area contributed by atoms with Crippen LogP contribution >= 0.6 is 11.3 Å². The molecule has 0 N–H and O–H groups in total. The van der Waals surface area contributed by atoms with Crippen molar-refractivity contribution in [1.82, 2.24) is 4.98 Å². The van der Waals surface area contributed by atoms with Crippen molar-refractivity contribution in [3.63, 3.8) is 0 Å². The summed E-state index contributed by atoms with van der Waals surface area (Å²) in [6.45, 7) is 3.22. The Morgan fingerprint density at radius 2 is 2.25 bits per heavy atom. The lowest BCUT2D eigenvalue weighted by molar-refractivity contribution is 0.0984. The van der Waals surface area contributed by atoms with Gasteiger partial charge in [-0.3, -0.25) is 9.59 Å². The average molecular weight is 183 g/mol. The standard InChI is InChI=1S/C8H9NO2S/c1-3-7(11)6-4-12-8(9-6)5(2)10/h4H,3H2,1-2H3. The second kappa shape index (κ2) is 3.58. The van der Waals surface area contributed by atoms with Gasteiger partial charge < -0.3 is 0 Å². The van der Waals surface area contributed by atoms with Crippen LogP contribution in [0.1, 0.15) is 40.6 Å². The first-order valence-electron chi connectivity index (χ1n) is 3.64. The maximum Gasteiger partial charge on any atom is 0.188 e. The molecule has 64 valence electrons. The molecule has 0 aliphatic rings. The van der Waals surface area contributed by atoms with Gasteiger partial charge in [-0.2, -0.15) is 0 Å². The normalized spacial score (nSPS) is 9.83. The predicted octanol–water partition coefficient (Wildman–Crippen LogP) is 1.94. The molecule has 4 heteroatoms. The third-order valence-electron chi connectivity index (χ3n) is 1.41. The van der Waals surface area contributed by atoms with E-state index in [2.05, 4.69) is 4.98 Å². The van der Waals surface area contributed by atoms with Crippen molar-refractivity contribution >= 4 is 22.9 Å². The van der Waals surface area contributed by atoms with E-state index in [0.717, 1.165) is 0 Å². The van der Waals surface area contributed by atoms with Gasteiger partial charge in [0.2, 0.25) is 0 Å². The van der Waals surface area contributed by atoms with Crippen LogP contribution in [0, 0.1) is 0 Å². The van der Waals surface area contributed by atoms with E-state index in [-0.39, 0.29) is 11.6 Å². The zero-order valence-electron chi connectivity index (χ0n) is 6.96. The Morgan fingerprint density at radius 1 is 1.58 bits per heavy atom. The number of nitrogens with zero attached hydrogens (tertiary/aromatic N) is 1. The van der Waals surface area contributed by atoms with E-state index in [0.29, 0.717) is 17.1 Å². The first-order valence-corrected chi connectivity index (χ1v) is 4.52. The summed E-state index contributed by atoms with van der Waals surface area (Å²) >= 11 is 1.22. The Bertz CT molecular complexity index is 317. The van der Waals surface area contributed by atoms with Crippen molar-refractivity contribution in [2.24, 2.45) is 0 Å². The second-order valence-corrected chi connectivity index (χ2v) is 3.23. The van der Waals surface area contributed by atoms with E-state index in [9.17, 15) is 9.59 Å². The first kappa shape index (κ1) is 9.06. The van der Waals surface area contributed by atoms with Crippen LogP contribution in [0.15, 0.2) is 5.38 Å². The van der Waals surface area contributed by atoms with Gasteiger partial charge in [0, 0.05) is 18.7 Å². The smallest absolute Gasteiger partial charge is 0.188 e. The van der Waals surface area contributed by atoms with Crippen LogP contribution in [0.4, 0.5) is 0 Å². The molecule has 1 aromatic rings.